The molecular weight excluding hydrogens is 228 g/mol. The molecule has 0 saturated carbocycles. The van der Waals surface area contributed by atoms with Gasteiger partial charge >= 0.3 is 0 Å². The average molecular weight is 242 g/mol. The highest BCUT2D eigenvalue weighted by Crippen LogP contribution is 2.07. The van der Waals surface area contributed by atoms with Gasteiger partial charge < -0.3 is 10.6 Å². The molecule has 1 aromatic heterocycles. The monoisotopic (exact) mass is 242 g/mol. The Balaban J connectivity index is 2.05. The molecule has 0 amide bonds. The summed E-state index contributed by atoms with van der Waals surface area (Å²) in [6.45, 7) is 0.866. The first-order chi connectivity index (χ1) is 7.33. The first-order valence-corrected chi connectivity index (χ1v) is 6.19. The Morgan fingerprint density at radius 3 is 3.13 bits per heavy atom. The van der Waals surface area contributed by atoms with Gasteiger partial charge in [-0.3, -0.25) is 0 Å². The second-order valence-electron chi connectivity index (χ2n) is 2.77. The molecule has 15 heavy (non-hydrogen) atoms. The van der Waals surface area contributed by atoms with Gasteiger partial charge in [0.25, 0.3) is 0 Å². The second-order valence-corrected chi connectivity index (χ2v) is 4.29. The van der Waals surface area contributed by atoms with Gasteiger partial charge in [0.1, 0.15) is 0 Å². The van der Waals surface area contributed by atoms with E-state index in [4.69, 9.17) is 12.2 Å². The van der Waals surface area contributed by atoms with E-state index < -0.39 is 0 Å². The molecule has 0 unspecified atom stereocenters. The third-order valence-corrected chi connectivity index (χ3v) is 2.98. The highest BCUT2D eigenvalue weighted by atomic mass is 32.2. The Bertz CT molecular complexity index is 291. The van der Waals surface area contributed by atoms with Crippen LogP contribution in [0.4, 0.5) is 0 Å². The molecule has 0 radical (unpaired) electrons. The maximum absolute atomic E-state index is 4.94. The molecule has 2 N–H and O–H groups in total. The van der Waals surface area contributed by atoms with Crippen molar-refractivity contribution in [3.05, 3.63) is 24.0 Å². The molecular formula is C9H14N4S2. The van der Waals surface area contributed by atoms with E-state index in [9.17, 15) is 0 Å². The number of nitrogens with zero attached hydrogens (tertiary/aromatic N) is 2. The van der Waals surface area contributed by atoms with Gasteiger partial charge in [-0.15, -0.1) is 0 Å². The molecule has 0 aliphatic heterocycles. The first kappa shape index (κ1) is 12.2. The van der Waals surface area contributed by atoms with Gasteiger partial charge in [-0.2, -0.15) is 22.0 Å². The van der Waals surface area contributed by atoms with Gasteiger partial charge in [0.05, 0.1) is 5.69 Å². The van der Waals surface area contributed by atoms with Crippen LogP contribution in [0.3, 0.4) is 0 Å². The Kier molecular flexibility index (Phi) is 6.03. The smallest absolute Gasteiger partial charge is 0.166 e. The van der Waals surface area contributed by atoms with Crippen LogP contribution in [0.25, 0.3) is 0 Å². The fourth-order valence-electron chi connectivity index (χ4n) is 0.912. The summed E-state index contributed by atoms with van der Waals surface area (Å²) in [7, 11) is 1.81. The molecule has 4 nitrogen and oxygen atoms in total. The number of aromatic nitrogens is 2. The molecule has 0 fully saturated rings. The fraction of sp³-hybridized carbons (Fsp3) is 0.444. The molecule has 1 aromatic rings. The van der Waals surface area contributed by atoms with Crippen LogP contribution in [0.5, 0.6) is 0 Å². The molecule has 0 aliphatic carbocycles. The summed E-state index contributed by atoms with van der Waals surface area (Å²) in [5.41, 5.74) is 1.01. The Morgan fingerprint density at radius 1 is 1.60 bits per heavy atom. The van der Waals surface area contributed by atoms with Crippen molar-refractivity contribution in [3.8, 4) is 0 Å². The highest BCUT2D eigenvalue weighted by Gasteiger charge is 1.95. The van der Waals surface area contributed by atoms with E-state index in [1.54, 1.807) is 18.0 Å². The minimum atomic E-state index is 0.690. The van der Waals surface area contributed by atoms with Crippen LogP contribution in [-0.2, 0) is 5.75 Å². The lowest BCUT2D eigenvalue weighted by atomic mass is 10.4. The summed E-state index contributed by atoms with van der Waals surface area (Å²) in [4.78, 5) is 0. The van der Waals surface area contributed by atoms with E-state index in [-0.39, 0.29) is 0 Å². The third kappa shape index (κ3) is 5.54. The number of hydrogen-bond donors (Lipinski definition) is 2. The number of thioether (sulfide) groups is 1. The van der Waals surface area contributed by atoms with Crippen LogP contribution in [0.2, 0.25) is 0 Å². The number of nitrogens with one attached hydrogen (secondary N) is 2. The van der Waals surface area contributed by atoms with Crippen LogP contribution in [0, 0.1) is 0 Å². The normalized spacial score (nSPS) is 9.67. The summed E-state index contributed by atoms with van der Waals surface area (Å²) in [6, 6.07) is 3.88. The maximum Gasteiger partial charge on any atom is 0.166 e. The zero-order valence-corrected chi connectivity index (χ0v) is 10.2. The van der Waals surface area contributed by atoms with Crippen molar-refractivity contribution < 1.29 is 0 Å². The SMILES string of the molecule is CNC(=S)NCCSCc1cccnn1. The van der Waals surface area contributed by atoms with Crippen molar-refractivity contribution >= 4 is 29.1 Å². The van der Waals surface area contributed by atoms with Crippen LogP contribution in [-0.4, -0.2) is 34.7 Å². The quantitative estimate of drug-likeness (QED) is 0.588. The number of rotatable bonds is 5. The number of hydrogen-bond acceptors (Lipinski definition) is 4. The maximum atomic E-state index is 4.94. The van der Waals surface area contributed by atoms with Crippen LogP contribution >= 0.6 is 24.0 Å². The van der Waals surface area contributed by atoms with Crippen molar-refractivity contribution in [2.24, 2.45) is 0 Å². The van der Waals surface area contributed by atoms with Crippen molar-refractivity contribution in [1.82, 2.24) is 20.8 Å². The van der Waals surface area contributed by atoms with E-state index in [0.717, 1.165) is 23.7 Å². The van der Waals surface area contributed by atoms with Crippen molar-refractivity contribution in [2.75, 3.05) is 19.3 Å². The van der Waals surface area contributed by atoms with Gasteiger partial charge in [0.2, 0.25) is 0 Å². The minimum Gasteiger partial charge on any atom is -0.366 e. The zero-order valence-electron chi connectivity index (χ0n) is 8.56. The van der Waals surface area contributed by atoms with Crippen LogP contribution in [0.15, 0.2) is 18.3 Å². The summed E-state index contributed by atoms with van der Waals surface area (Å²) >= 11 is 6.75. The van der Waals surface area contributed by atoms with E-state index in [1.165, 1.54) is 0 Å². The molecule has 0 atom stereocenters. The number of thiocarbonyl (C=S) groups is 1. The van der Waals surface area contributed by atoms with Crippen LogP contribution < -0.4 is 10.6 Å². The lowest BCUT2D eigenvalue weighted by molar-refractivity contribution is 0.939. The van der Waals surface area contributed by atoms with E-state index in [2.05, 4.69) is 20.8 Å². The zero-order chi connectivity index (χ0) is 10.9. The van der Waals surface area contributed by atoms with Gasteiger partial charge in [-0.05, 0) is 24.4 Å². The molecule has 1 rings (SSSR count). The molecule has 0 aromatic carbocycles. The Labute approximate surface area is 99.2 Å². The molecule has 82 valence electrons. The molecule has 6 heteroatoms. The predicted molar refractivity (Wildman–Crippen MR) is 67.9 cm³/mol. The minimum absolute atomic E-state index is 0.690. The summed E-state index contributed by atoms with van der Waals surface area (Å²) in [6.07, 6.45) is 1.68. The second kappa shape index (κ2) is 7.42. The third-order valence-electron chi connectivity index (χ3n) is 1.64. The Hall–Kier alpha value is -0.880. The summed E-state index contributed by atoms with van der Waals surface area (Å²) in [5.74, 6) is 1.89. The van der Waals surface area contributed by atoms with Crippen molar-refractivity contribution in [3.63, 3.8) is 0 Å². The summed E-state index contributed by atoms with van der Waals surface area (Å²) in [5, 5.41) is 14.4. The van der Waals surface area contributed by atoms with Crippen LogP contribution in [0.1, 0.15) is 5.69 Å². The molecule has 0 bridgehead atoms. The van der Waals surface area contributed by atoms with E-state index in [1.807, 2.05) is 19.2 Å². The van der Waals surface area contributed by atoms with Gasteiger partial charge in [0.15, 0.2) is 5.11 Å². The van der Waals surface area contributed by atoms with E-state index >= 15 is 0 Å². The van der Waals surface area contributed by atoms with Gasteiger partial charge in [0, 0.05) is 31.3 Å². The van der Waals surface area contributed by atoms with Crippen molar-refractivity contribution in [1.29, 1.82) is 0 Å². The standard InChI is InChI=1S/C9H14N4S2/c1-10-9(14)11-5-6-15-7-8-3-2-4-12-13-8/h2-4H,5-7H2,1H3,(H2,10,11,14). The topological polar surface area (TPSA) is 49.8 Å². The van der Waals surface area contributed by atoms with Gasteiger partial charge in [-0.1, -0.05) is 0 Å². The first-order valence-electron chi connectivity index (χ1n) is 4.63. The molecule has 1 heterocycles. The molecule has 0 aliphatic rings. The molecule has 0 saturated heterocycles. The highest BCUT2D eigenvalue weighted by molar-refractivity contribution is 7.98. The summed E-state index contributed by atoms with van der Waals surface area (Å²) < 4.78 is 0. The lowest BCUT2D eigenvalue weighted by Gasteiger charge is -2.05. The Morgan fingerprint density at radius 2 is 2.47 bits per heavy atom. The van der Waals surface area contributed by atoms with Gasteiger partial charge in [-0.25, -0.2) is 0 Å². The lowest BCUT2D eigenvalue weighted by Crippen LogP contribution is -2.33. The van der Waals surface area contributed by atoms with Crippen molar-refractivity contribution in [2.45, 2.75) is 5.75 Å². The van der Waals surface area contributed by atoms with E-state index in [0.29, 0.717) is 5.11 Å². The molecule has 0 spiro atoms. The largest absolute Gasteiger partial charge is 0.366 e. The average Bonchev–Trinajstić information content (AvgIpc) is 2.29. The fourth-order valence-corrected chi connectivity index (χ4v) is 1.77. The predicted octanol–water partition coefficient (Wildman–Crippen LogP) is 0.804.